The number of nitrogens with one attached hydrogen (secondary N) is 4. The molecule has 11 nitrogen and oxygen atoms in total. The van der Waals surface area contributed by atoms with Gasteiger partial charge in [-0.25, -0.2) is 9.79 Å². The number of thioether (sulfide) groups is 1. The van der Waals surface area contributed by atoms with Crippen molar-refractivity contribution in [3.63, 3.8) is 0 Å². The number of carbonyl (C=O) groups is 2. The van der Waals surface area contributed by atoms with Crippen molar-refractivity contribution in [2.45, 2.75) is 37.5 Å². The Hall–Kier alpha value is -4.32. The molecule has 3 aromatic rings. The minimum atomic E-state index is -1.04. The van der Waals surface area contributed by atoms with Crippen molar-refractivity contribution < 1.29 is 19.4 Å². The van der Waals surface area contributed by atoms with E-state index in [1.807, 2.05) is 26.0 Å². The molecule has 198 valence electrons. The van der Waals surface area contributed by atoms with Crippen molar-refractivity contribution in [1.82, 2.24) is 15.3 Å². The molecule has 5 N–H and O–H groups in total. The molecule has 1 aromatic heterocycles. The van der Waals surface area contributed by atoms with Crippen molar-refractivity contribution in [2.24, 2.45) is 4.99 Å². The molecule has 0 bridgehead atoms. The quantitative estimate of drug-likeness (QED) is 0.294. The van der Waals surface area contributed by atoms with E-state index in [1.54, 1.807) is 43.5 Å². The molecule has 38 heavy (non-hydrogen) atoms. The van der Waals surface area contributed by atoms with Gasteiger partial charge in [-0.15, -0.1) is 0 Å². The highest BCUT2D eigenvalue weighted by Crippen LogP contribution is 2.32. The van der Waals surface area contributed by atoms with Crippen LogP contribution in [-0.2, 0) is 9.59 Å². The zero-order valence-corrected chi connectivity index (χ0v) is 21.7. The first-order valence-electron chi connectivity index (χ1n) is 11.8. The number of hydrogen-bond donors (Lipinski definition) is 5. The minimum absolute atomic E-state index is 0.111. The number of benzene rings is 2. The van der Waals surface area contributed by atoms with Crippen molar-refractivity contribution in [3.8, 4) is 11.6 Å². The molecule has 4 rings (SSSR count). The Kier molecular flexibility index (Phi) is 8.01. The van der Waals surface area contributed by atoms with E-state index in [-0.39, 0.29) is 29.0 Å². The number of rotatable bonds is 8. The fraction of sp³-hybridized carbons (Fsp3) is 0.269. The van der Waals surface area contributed by atoms with Gasteiger partial charge in [-0.05, 0) is 41.3 Å². The smallest absolute Gasteiger partial charge is 0.328 e. The van der Waals surface area contributed by atoms with E-state index in [0.29, 0.717) is 17.0 Å². The lowest BCUT2D eigenvalue weighted by Gasteiger charge is -2.15. The number of amidine groups is 1. The molecule has 2 unspecified atom stereocenters. The summed E-state index contributed by atoms with van der Waals surface area (Å²) in [4.78, 5) is 58.3. The van der Waals surface area contributed by atoms with Crippen LogP contribution in [0.15, 0.2) is 63.1 Å². The standard InChI is InChI=1S/C26H27N5O6S/c1-13(2)14-4-6-15(7-5-14)21(20-23(34)29-25(36)30-24(20)35)28-26-31-22(33)18(38-26)12-19(32)27-16-8-10-17(37-3)11-9-16/h4-11,13,18,21H,12H2,1-3H3,(H,27,32)(H,28,31,33)(H3,29,30,34,35,36). The van der Waals surface area contributed by atoms with E-state index in [1.165, 1.54) is 0 Å². The Morgan fingerprint density at radius 2 is 1.71 bits per heavy atom. The van der Waals surface area contributed by atoms with Gasteiger partial charge >= 0.3 is 5.69 Å². The van der Waals surface area contributed by atoms with Crippen LogP contribution in [0.3, 0.4) is 0 Å². The fourth-order valence-electron chi connectivity index (χ4n) is 3.88. The Bertz CT molecular complexity index is 1480. The van der Waals surface area contributed by atoms with Crippen LogP contribution in [0.2, 0.25) is 0 Å². The molecule has 2 atom stereocenters. The summed E-state index contributed by atoms with van der Waals surface area (Å²) in [6.45, 7) is 4.08. The van der Waals surface area contributed by atoms with Crippen LogP contribution in [0.4, 0.5) is 5.69 Å². The summed E-state index contributed by atoms with van der Waals surface area (Å²) in [5.41, 5.74) is 0.342. The zero-order valence-electron chi connectivity index (χ0n) is 20.9. The second-order valence-corrected chi connectivity index (χ2v) is 10.1. The lowest BCUT2D eigenvalue weighted by atomic mass is 9.96. The predicted octanol–water partition coefficient (Wildman–Crippen LogP) is 2.61. The highest BCUT2D eigenvalue weighted by Gasteiger charge is 2.34. The Labute approximate surface area is 221 Å². The maximum Gasteiger partial charge on any atom is 0.328 e. The number of hydrogen-bond acceptors (Lipinski definition) is 8. The molecule has 2 heterocycles. The summed E-state index contributed by atoms with van der Waals surface area (Å²) in [7, 11) is 1.54. The monoisotopic (exact) mass is 537 g/mol. The summed E-state index contributed by atoms with van der Waals surface area (Å²) >= 11 is 1.05. The van der Waals surface area contributed by atoms with E-state index >= 15 is 0 Å². The number of aromatic amines is 2. The normalized spacial score (nSPS) is 16.9. The third kappa shape index (κ3) is 6.14. The number of amides is 2. The first-order chi connectivity index (χ1) is 18.1. The first-order valence-corrected chi connectivity index (χ1v) is 12.7. The number of aliphatic imine (C=N–C) groups is 1. The molecule has 0 radical (unpaired) electrons. The van der Waals surface area contributed by atoms with Crippen LogP contribution in [0.25, 0.3) is 0 Å². The summed E-state index contributed by atoms with van der Waals surface area (Å²) in [5, 5.41) is 15.2. The number of carbonyl (C=O) groups excluding carboxylic acids is 2. The first kappa shape index (κ1) is 26.7. The summed E-state index contributed by atoms with van der Waals surface area (Å²) in [5.74, 6) is -0.471. The van der Waals surface area contributed by atoms with Crippen LogP contribution < -0.4 is 26.6 Å². The van der Waals surface area contributed by atoms with Crippen LogP contribution >= 0.6 is 11.8 Å². The molecular formula is C26H27N5O6S. The number of methoxy groups -OCH3 is 1. The highest BCUT2D eigenvalue weighted by molar-refractivity contribution is 8.15. The van der Waals surface area contributed by atoms with Crippen LogP contribution in [0.5, 0.6) is 11.6 Å². The lowest BCUT2D eigenvalue weighted by molar-refractivity contribution is -0.122. The summed E-state index contributed by atoms with van der Waals surface area (Å²) in [6, 6.07) is 13.1. The molecule has 1 fully saturated rings. The summed E-state index contributed by atoms with van der Waals surface area (Å²) < 4.78 is 5.10. The Balaban J connectivity index is 1.58. The fourth-order valence-corrected chi connectivity index (χ4v) is 4.88. The Morgan fingerprint density at radius 1 is 1.05 bits per heavy atom. The second-order valence-electron chi connectivity index (χ2n) is 8.91. The number of H-pyrrole nitrogens is 2. The number of anilines is 1. The molecule has 12 heteroatoms. The van der Waals surface area contributed by atoms with Gasteiger partial charge in [0.15, 0.2) is 5.17 Å². The van der Waals surface area contributed by atoms with E-state index in [4.69, 9.17) is 4.74 Å². The van der Waals surface area contributed by atoms with Gasteiger partial charge in [0.1, 0.15) is 22.6 Å². The highest BCUT2D eigenvalue weighted by atomic mass is 32.2. The van der Waals surface area contributed by atoms with Crippen LogP contribution in [0.1, 0.15) is 48.9 Å². The van der Waals surface area contributed by atoms with Gasteiger partial charge in [0, 0.05) is 12.1 Å². The number of aromatic hydroxyl groups is 1. The van der Waals surface area contributed by atoms with E-state index < -0.39 is 34.3 Å². The minimum Gasteiger partial charge on any atom is -0.497 e. The third-order valence-corrected chi connectivity index (χ3v) is 7.01. The van der Waals surface area contributed by atoms with E-state index in [9.17, 15) is 24.3 Å². The molecule has 2 amide bonds. The second kappa shape index (κ2) is 11.4. The van der Waals surface area contributed by atoms with E-state index in [2.05, 4.69) is 25.6 Å². The predicted molar refractivity (Wildman–Crippen MR) is 145 cm³/mol. The van der Waals surface area contributed by atoms with Gasteiger partial charge < -0.3 is 20.5 Å². The molecule has 0 aliphatic carbocycles. The Morgan fingerprint density at radius 3 is 2.32 bits per heavy atom. The van der Waals surface area contributed by atoms with Gasteiger partial charge in [-0.2, -0.15) is 0 Å². The van der Waals surface area contributed by atoms with Gasteiger partial charge in [0.25, 0.3) is 5.56 Å². The molecule has 0 saturated carbocycles. The number of nitrogens with zero attached hydrogens (tertiary/aromatic N) is 1. The SMILES string of the molecule is COc1ccc(NC(=O)CC2SC(=NC(c3ccc(C(C)C)cc3)c3c(O)[nH]c(=O)[nH]c3=O)NC2=O)cc1. The molecule has 2 aromatic carbocycles. The van der Waals surface area contributed by atoms with Crippen molar-refractivity contribution in [3.05, 3.63) is 86.1 Å². The van der Waals surface area contributed by atoms with Crippen LogP contribution in [0, 0.1) is 0 Å². The lowest BCUT2D eigenvalue weighted by Crippen LogP contribution is -2.29. The number of aromatic nitrogens is 2. The van der Waals surface area contributed by atoms with E-state index in [0.717, 1.165) is 17.3 Å². The van der Waals surface area contributed by atoms with Gasteiger partial charge in [-0.3, -0.25) is 24.4 Å². The van der Waals surface area contributed by atoms with Crippen molar-refractivity contribution in [1.29, 1.82) is 0 Å². The average Bonchev–Trinajstić information content (AvgIpc) is 3.21. The average molecular weight is 538 g/mol. The molecule has 1 aliphatic rings. The maximum absolute atomic E-state index is 12.7. The maximum atomic E-state index is 12.7. The zero-order chi connectivity index (χ0) is 27.4. The molecule has 1 saturated heterocycles. The summed E-state index contributed by atoms with van der Waals surface area (Å²) in [6.07, 6.45) is -0.111. The molecule has 0 spiro atoms. The number of ether oxygens (including phenoxy) is 1. The molecule has 1 aliphatic heterocycles. The van der Waals surface area contributed by atoms with Crippen LogP contribution in [-0.4, -0.2) is 44.4 Å². The van der Waals surface area contributed by atoms with Crippen molar-refractivity contribution >= 4 is 34.4 Å². The third-order valence-electron chi connectivity index (χ3n) is 5.92. The largest absolute Gasteiger partial charge is 0.497 e. The van der Waals surface area contributed by atoms with Gasteiger partial charge in [0.05, 0.1) is 7.11 Å². The van der Waals surface area contributed by atoms with Gasteiger partial charge in [0.2, 0.25) is 17.7 Å². The molecular weight excluding hydrogens is 510 g/mol. The topological polar surface area (TPSA) is 166 Å². The van der Waals surface area contributed by atoms with Gasteiger partial charge in [-0.1, -0.05) is 49.9 Å². The van der Waals surface area contributed by atoms with Crippen molar-refractivity contribution in [2.75, 3.05) is 12.4 Å².